The Bertz CT molecular complexity index is 1050. The van der Waals surface area contributed by atoms with Crippen LogP contribution in [0.2, 0.25) is 0 Å². The number of carbonyl (C=O) groups excluding carboxylic acids is 1. The van der Waals surface area contributed by atoms with E-state index < -0.39 is 23.8 Å². The third-order valence-electron chi connectivity index (χ3n) is 7.83. The molecule has 2 unspecified atom stereocenters. The van der Waals surface area contributed by atoms with Crippen LogP contribution in [-0.4, -0.2) is 55.9 Å². The number of piperidine rings is 2. The SMILES string of the molecule is C1CCNCC1.CC(=O)NC(Cc1cc(F)cc(F)c1)C(O)CNC1(c2cccc(C(C)(C)C)c2)CCNCC1. The maximum absolute atomic E-state index is 13.7. The lowest BCUT2D eigenvalue weighted by molar-refractivity contribution is -0.120. The second kappa shape index (κ2) is 15.0. The summed E-state index contributed by atoms with van der Waals surface area (Å²) in [6.07, 6.45) is 5.09. The highest BCUT2D eigenvalue weighted by molar-refractivity contribution is 5.73. The molecule has 2 fully saturated rings. The van der Waals surface area contributed by atoms with Gasteiger partial charge in [-0.3, -0.25) is 4.79 Å². The monoisotopic (exact) mass is 558 g/mol. The van der Waals surface area contributed by atoms with Gasteiger partial charge >= 0.3 is 0 Å². The number of halogens is 2. The summed E-state index contributed by atoms with van der Waals surface area (Å²) in [7, 11) is 0. The molecule has 0 spiro atoms. The maximum Gasteiger partial charge on any atom is 0.217 e. The van der Waals surface area contributed by atoms with E-state index in [0.29, 0.717) is 5.56 Å². The quantitative estimate of drug-likeness (QED) is 0.334. The molecule has 0 saturated carbocycles. The highest BCUT2D eigenvalue weighted by Gasteiger charge is 2.35. The van der Waals surface area contributed by atoms with Crippen molar-refractivity contribution in [2.24, 2.45) is 0 Å². The molecule has 0 aromatic heterocycles. The number of aliphatic hydroxyl groups excluding tert-OH is 1. The molecule has 222 valence electrons. The van der Waals surface area contributed by atoms with Gasteiger partial charge in [0, 0.05) is 25.1 Å². The first kappa shape index (κ1) is 32.1. The molecule has 0 radical (unpaired) electrons. The minimum atomic E-state index is -0.951. The van der Waals surface area contributed by atoms with Crippen LogP contribution >= 0.6 is 0 Å². The molecule has 2 aliphatic heterocycles. The van der Waals surface area contributed by atoms with Crippen molar-refractivity contribution in [3.63, 3.8) is 0 Å². The third-order valence-corrected chi connectivity index (χ3v) is 7.83. The lowest BCUT2D eigenvalue weighted by Gasteiger charge is -2.41. The van der Waals surface area contributed by atoms with Crippen molar-refractivity contribution in [3.8, 4) is 0 Å². The van der Waals surface area contributed by atoms with E-state index in [1.165, 1.54) is 62.5 Å². The van der Waals surface area contributed by atoms with Crippen molar-refractivity contribution in [1.82, 2.24) is 21.3 Å². The summed E-state index contributed by atoms with van der Waals surface area (Å²) >= 11 is 0. The molecule has 2 aromatic carbocycles. The Kier molecular flexibility index (Phi) is 12.1. The number of amides is 1. The van der Waals surface area contributed by atoms with Crippen molar-refractivity contribution >= 4 is 5.91 Å². The number of nitrogens with one attached hydrogen (secondary N) is 4. The molecule has 0 aliphatic carbocycles. The van der Waals surface area contributed by atoms with Crippen LogP contribution in [0.25, 0.3) is 0 Å². The summed E-state index contributed by atoms with van der Waals surface area (Å²) in [5.74, 6) is -1.68. The van der Waals surface area contributed by atoms with E-state index in [1.54, 1.807) is 0 Å². The van der Waals surface area contributed by atoms with Crippen molar-refractivity contribution < 1.29 is 18.7 Å². The summed E-state index contributed by atoms with van der Waals surface area (Å²) < 4.78 is 27.4. The van der Waals surface area contributed by atoms with Crippen molar-refractivity contribution in [1.29, 1.82) is 0 Å². The lowest BCUT2D eigenvalue weighted by atomic mass is 9.78. The molecular weight excluding hydrogens is 510 g/mol. The van der Waals surface area contributed by atoms with Gasteiger partial charge in [0.25, 0.3) is 0 Å². The van der Waals surface area contributed by atoms with Crippen molar-refractivity contribution in [3.05, 3.63) is 70.8 Å². The van der Waals surface area contributed by atoms with Crippen molar-refractivity contribution in [2.75, 3.05) is 32.7 Å². The molecule has 2 atom stereocenters. The second-order valence-electron chi connectivity index (χ2n) is 12.2. The van der Waals surface area contributed by atoms with Crippen LogP contribution in [0.15, 0.2) is 42.5 Å². The van der Waals surface area contributed by atoms with Gasteiger partial charge in [0.05, 0.1) is 12.1 Å². The zero-order valence-electron chi connectivity index (χ0n) is 24.6. The molecule has 5 N–H and O–H groups in total. The van der Waals surface area contributed by atoms with Gasteiger partial charge in [0.1, 0.15) is 11.6 Å². The molecule has 2 aromatic rings. The van der Waals surface area contributed by atoms with E-state index in [-0.39, 0.29) is 29.8 Å². The fourth-order valence-electron chi connectivity index (χ4n) is 5.48. The Labute approximate surface area is 238 Å². The summed E-state index contributed by atoms with van der Waals surface area (Å²) in [5.41, 5.74) is 2.50. The van der Waals surface area contributed by atoms with Crippen molar-refractivity contribution in [2.45, 2.75) is 89.3 Å². The molecule has 8 heteroatoms. The molecule has 2 heterocycles. The van der Waals surface area contributed by atoms with E-state index in [0.717, 1.165) is 32.0 Å². The van der Waals surface area contributed by atoms with Gasteiger partial charge in [-0.25, -0.2) is 8.78 Å². The van der Waals surface area contributed by atoms with E-state index in [2.05, 4.69) is 66.3 Å². The number of aliphatic hydroxyl groups is 1. The average Bonchev–Trinajstić information content (AvgIpc) is 2.92. The van der Waals surface area contributed by atoms with E-state index in [4.69, 9.17) is 0 Å². The molecule has 40 heavy (non-hydrogen) atoms. The molecule has 6 nitrogen and oxygen atoms in total. The van der Waals surface area contributed by atoms with Gasteiger partial charge in [-0.15, -0.1) is 0 Å². The molecule has 1 amide bonds. The standard InChI is InChI=1S/C27H37F2N3O2.C5H11N/c1-18(33)32-24(14-19-12-22(28)16-23(29)13-19)25(34)17-31-27(8-10-30-11-9-27)21-7-5-6-20(15-21)26(2,3)4;1-2-4-6-5-3-1/h5-7,12-13,15-16,24-25,30-31,34H,8-11,14,17H2,1-4H3,(H,32,33);6H,1-5H2. The second-order valence-corrected chi connectivity index (χ2v) is 12.2. The minimum absolute atomic E-state index is 0.0143. The Balaban J connectivity index is 0.000000649. The maximum atomic E-state index is 13.7. The van der Waals surface area contributed by atoms with Gasteiger partial charge in [-0.05, 0) is 92.5 Å². The first-order chi connectivity index (χ1) is 19.0. The first-order valence-electron chi connectivity index (χ1n) is 14.7. The summed E-state index contributed by atoms with van der Waals surface area (Å²) in [6, 6.07) is 11.2. The third kappa shape index (κ3) is 9.91. The Morgan fingerprint density at radius 1 is 0.975 bits per heavy atom. The predicted molar refractivity (Wildman–Crippen MR) is 157 cm³/mol. The number of benzene rings is 2. The van der Waals surface area contributed by atoms with E-state index >= 15 is 0 Å². The van der Waals surface area contributed by atoms with Gasteiger partial charge in [-0.2, -0.15) is 0 Å². The highest BCUT2D eigenvalue weighted by atomic mass is 19.1. The van der Waals surface area contributed by atoms with Gasteiger partial charge in [-0.1, -0.05) is 51.5 Å². The number of carbonyl (C=O) groups is 1. The predicted octanol–water partition coefficient (Wildman–Crippen LogP) is 4.30. The number of rotatable bonds is 8. The summed E-state index contributed by atoms with van der Waals surface area (Å²) in [4.78, 5) is 11.8. The van der Waals surface area contributed by atoms with E-state index in [9.17, 15) is 18.7 Å². The van der Waals surface area contributed by atoms with Crippen LogP contribution in [0.5, 0.6) is 0 Å². The topological polar surface area (TPSA) is 85.4 Å². The zero-order chi connectivity index (χ0) is 29.2. The van der Waals surface area contributed by atoms with Gasteiger partial charge in [0.2, 0.25) is 5.91 Å². The van der Waals surface area contributed by atoms with E-state index in [1.807, 2.05) is 0 Å². The van der Waals surface area contributed by atoms with Gasteiger partial charge in [0.15, 0.2) is 0 Å². The Morgan fingerprint density at radius 3 is 2.12 bits per heavy atom. The summed E-state index contributed by atoms with van der Waals surface area (Å²) in [5, 5.41) is 24.1. The lowest BCUT2D eigenvalue weighted by Crippen LogP contribution is -2.55. The molecule has 2 aliphatic rings. The van der Waals surface area contributed by atoms with Crippen LogP contribution < -0.4 is 21.3 Å². The fraction of sp³-hybridized carbons (Fsp3) is 0.594. The fourth-order valence-corrected chi connectivity index (χ4v) is 5.48. The number of hydrogen-bond acceptors (Lipinski definition) is 5. The normalized spacial score (nSPS) is 18.7. The van der Waals surface area contributed by atoms with Gasteiger partial charge < -0.3 is 26.4 Å². The molecule has 2 saturated heterocycles. The largest absolute Gasteiger partial charge is 0.390 e. The zero-order valence-corrected chi connectivity index (χ0v) is 24.6. The van der Waals surface area contributed by atoms with Crippen LogP contribution in [-0.2, 0) is 22.2 Å². The summed E-state index contributed by atoms with van der Waals surface area (Å²) in [6.45, 7) is 12.3. The Hall–Kier alpha value is -2.39. The first-order valence-corrected chi connectivity index (χ1v) is 14.7. The van der Waals surface area contributed by atoms with Crippen LogP contribution in [0.3, 0.4) is 0 Å². The number of hydrogen-bond donors (Lipinski definition) is 5. The minimum Gasteiger partial charge on any atom is -0.390 e. The smallest absolute Gasteiger partial charge is 0.217 e. The highest BCUT2D eigenvalue weighted by Crippen LogP contribution is 2.34. The van der Waals surface area contributed by atoms with Crippen LogP contribution in [0.4, 0.5) is 8.78 Å². The Morgan fingerprint density at radius 2 is 1.60 bits per heavy atom. The van der Waals surface area contributed by atoms with Crippen LogP contribution in [0.1, 0.15) is 76.5 Å². The molecule has 4 rings (SSSR count). The average molecular weight is 559 g/mol. The molecule has 0 bridgehead atoms. The molecular formula is C32H48F2N4O2. The van der Waals surface area contributed by atoms with Crippen LogP contribution in [0, 0.1) is 11.6 Å².